The van der Waals surface area contributed by atoms with Crippen molar-refractivity contribution in [3.63, 3.8) is 0 Å². The molecule has 2 heterocycles. The molecule has 1 aliphatic heterocycles. The molecule has 7 nitrogen and oxygen atoms in total. The van der Waals surface area contributed by atoms with Crippen molar-refractivity contribution < 1.29 is 13.2 Å². The van der Waals surface area contributed by atoms with Gasteiger partial charge in [-0.25, -0.2) is 18.1 Å². The molecule has 0 bridgehead atoms. The molecule has 1 atom stereocenters. The fourth-order valence-electron chi connectivity index (χ4n) is 5.46. The molecule has 1 saturated heterocycles. The van der Waals surface area contributed by atoms with E-state index in [2.05, 4.69) is 33.1 Å². The van der Waals surface area contributed by atoms with Crippen LogP contribution in [0.1, 0.15) is 56.7 Å². The number of rotatable bonds is 10. The van der Waals surface area contributed by atoms with Crippen LogP contribution in [0.5, 0.6) is 5.75 Å². The minimum absolute atomic E-state index is 0.0996. The average molecular weight is 555 g/mol. The number of hydrogen-bond acceptors (Lipinski definition) is 7. The fraction of sp³-hybridized carbons (Fsp3) is 0.483. The van der Waals surface area contributed by atoms with Gasteiger partial charge in [0.05, 0.1) is 22.4 Å². The molecule has 2 aliphatic rings. The first-order valence-corrected chi connectivity index (χ1v) is 16.1. The molecule has 3 aromatic rings. The SMILES string of the molecule is CNc1cc(-c2ncc(-c3cccc4c3CCC4NS(=O)(=O)CCN3CCCCC3)s2)ccc1OC(C)C. The maximum Gasteiger partial charge on any atom is 0.213 e. The molecule has 1 aromatic heterocycles. The molecule has 5 rings (SSSR count). The minimum Gasteiger partial charge on any atom is -0.489 e. The van der Waals surface area contributed by atoms with Crippen molar-refractivity contribution in [2.24, 2.45) is 0 Å². The van der Waals surface area contributed by atoms with Gasteiger partial charge in [-0.3, -0.25) is 0 Å². The topological polar surface area (TPSA) is 83.6 Å². The quantitative estimate of drug-likeness (QED) is 0.335. The third kappa shape index (κ3) is 6.22. The first-order valence-electron chi connectivity index (χ1n) is 13.6. The number of hydrogen-bond donors (Lipinski definition) is 2. The summed E-state index contributed by atoms with van der Waals surface area (Å²) in [4.78, 5) is 8.10. The zero-order valence-electron chi connectivity index (χ0n) is 22.5. The number of nitrogens with one attached hydrogen (secondary N) is 2. The van der Waals surface area contributed by atoms with E-state index >= 15 is 0 Å². The van der Waals surface area contributed by atoms with E-state index in [0.29, 0.717) is 6.54 Å². The predicted molar refractivity (Wildman–Crippen MR) is 157 cm³/mol. The van der Waals surface area contributed by atoms with E-state index in [1.54, 1.807) is 11.3 Å². The number of fused-ring (bicyclic) bond motifs is 1. The summed E-state index contributed by atoms with van der Waals surface area (Å²) in [6.45, 7) is 6.66. The summed E-state index contributed by atoms with van der Waals surface area (Å²) in [5, 5.41) is 4.17. The molecule has 2 N–H and O–H groups in total. The molecule has 0 spiro atoms. The number of sulfonamides is 1. The van der Waals surface area contributed by atoms with Crippen molar-refractivity contribution in [3.8, 4) is 26.8 Å². The van der Waals surface area contributed by atoms with Crippen LogP contribution >= 0.6 is 11.3 Å². The van der Waals surface area contributed by atoms with Gasteiger partial charge in [0, 0.05) is 31.4 Å². The molecule has 0 saturated carbocycles. The second-order valence-corrected chi connectivity index (χ2v) is 13.4. The second-order valence-electron chi connectivity index (χ2n) is 10.5. The highest BCUT2D eigenvalue weighted by Crippen LogP contribution is 2.42. The number of anilines is 1. The van der Waals surface area contributed by atoms with Crippen LogP contribution in [0, 0.1) is 0 Å². The summed E-state index contributed by atoms with van der Waals surface area (Å²) in [5.41, 5.74) is 5.43. The van der Waals surface area contributed by atoms with Crippen molar-refractivity contribution in [1.29, 1.82) is 0 Å². The van der Waals surface area contributed by atoms with Gasteiger partial charge in [0.15, 0.2) is 0 Å². The van der Waals surface area contributed by atoms with Crippen molar-refractivity contribution in [2.45, 2.75) is 58.1 Å². The Bertz CT molecular complexity index is 1360. The lowest BCUT2D eigenvalue weighted by Crippen LogP contribution is -2.38. The van der Waals surface area contributed by atoms with E-state index in [9.17, 15) is 8.42 Å². The van der Waals surface area contributed by atoms with Crippen LogP contribution < -0.4 is 14.8 Å². The van der Waals surface area contributed by atoms with Gasteiger partial charge in [0.2, 0.25) is 10.0 Å². The highest BCUT2D eigenvalue weighted by molar-refractivity contribution is 7.89. The largest absolute Gasteiger partial charge is 0.489 e. The lowest BCUT2D eigenvalue weighted by Gasteiger charge is -2.26. The van der Waals surface area contributed by atoms with Crippen molar-refractivity contribution in [3.05, 3.63) is 53.7 Å². The maximum atomic E-state index is 12.9. The molecular formula is C29H38N4O3S2. The van der Waals surface area contributed by atoms with Crippen LogP contribution in [0.25, 0.3) is 21.0 Å². The smallest absolute Gasteiger partial charge is 0.213 e. The lowest BCUT2D eigenvalue weighted by molar-refractivity contribution is 0.241. The van der Waals surface area contributed by atoms with E-state index in [1.165, 1.54) is 24.8 Å². The highest BCUT2D eigenvalue weighted by atomic mass is 32.2. The first kappa shape index (κ1) is 27.1. The van der Waals surface area contributed by atoms with E-state index in [0.717, 1.165) is 63.9 Å². The predicted octanol–water partition coefficient (Wildman–Crippen LogP) is 5.70. The summed E-state index contributed by atoms with van der Waals surface area (Å²) >= 11 is 1.66. The van der Waals surface area contributed by atoms with Gasteiger partial charge >= 0.3 is 0 Å². The van der Waals surface area contributed by atoms with Crippen LogP contribution in [-0.2, 0) is 16.4 Å². The van der Waals surface area contributed by atoms with Crippen molar-refractivity contribution >= 4 is 27.0 Å². The molecular weight excluding hydrogens is 516 g/mol. The summed E-state index contributed by atoms with van der Waals surface area (Å²) in [6, 6.07) is 12.2. The Morgan fingerprint density at radius 3 is 2.74 bits per heavy atom. The molecule has 0 amide bonds. The van der Waals surface area contributed by atoms with Gasteiger partial charge in [-0.05, 0) is 87.5 Å². The van der Waals surface area contributed by atoms with E-state index in [1.807, 2.05) is 45.3 Å². The van der Waals surface area contributed by atoms with Gasteiger partial charge in [-0.1, -0.05) is 24.6 Å². The average Bonchev–Trinajstić information content (AvgIpc) is 3.56. The molecule has 1 aliphatic carbocycles. The van der Waals surface area contributed by atoms with Crippen molar-refractivity contribution in [1.82, 2.24) is 14.6 Å². The molecule has 2 aromatic carbocycles. The van der Waals surface area contributed by atoms with Gasteiger partial charge in [0.25, 0.3) is 0 Å². The van der Waals surface area contributed by atoms with Crippen LogP contribution in [0.2, 0.25) is 0 Å². The molecule has 1 unspecified atom stereocenters. The minimum atomic E-state index is -3.35. The molecule has 1 fully saturated rings. The summed E-state index contributed by atoms with van der Waals surface area (Å²) < 4.78 is 34.8. The number of likely N-dealkylation sites (tertiary alicyclic amines) is 1. The lowest BCUT2D eigenvalue weighted by atomic mass is 10.0. The number of benzene rings is 2. The number of thiazole rings is 1. The Hall–Kier alpha value is -2.46. The summed E-state index contributed by atoms with van der Waals surface area (Å²) in [7, 11) is -1.46. The third-order valence-electron chi connectivity index (χ3n) is 7.35. The highest BCUT2D eigenvalue weighted by Gasteiger charge is 2.29. The van der Waals surface area contributed by atoms with Crippen LogP contribution in [0.4, 0.5) is 5.69 Å². The zero-order valence-corrected chi connectivity index (χ0v) is 24.1. The first-order chi connectivity index (χ1) is 18.3. The summed E-state index contributed by atoms with van der Waals surface area (Å²) in [5.74, 6) is 0.986. The standard InChI is InChI=1S/C29H38N4O3S2/c1-20(2)36-27-13-10-21(18-26(27)30-3)29-31-19-28(37-29)24-9-7-8-23-22(24)11-12-25(23)32-38(34,35)17-16-33-14-5-4-6-15-33/h7-10,13,18-20,25,30,32H,4-6,11-12,14-17H2,1-3H3. The van der Waals surface area contributed by atoms with E-state index in [-0.39, 0.29) is 17.9 Å². The Kier molecular flexibility index (Phi) is 8.38. The number of piperidine rings is 1. The van der Waals surface area contributed by atoms with Crippen LogP contribution in [0.15, 0.2) is 42.6 Å². The zero-order chi connectivity index (χ0) is 26.7. The molecule has 204 valence electrons. The van der Waals surface area contributed by atoms with Crippen LogP contribution in [-0.4, -0.2) is 56.8 Å². The van der Waals surface area contributed by atoms with Crippen molar-refractivity contribution in [2.75, 3.05) is 37.8 Å². The van der Waals surface area contributed by atoms with E-state index in [4.69, 9.17) is 9.72 Å². The Labute approximate surface area is 230 Å². The number of nitrogens with zero attached hydrogens (tertiary/aromatic N) is 2. The Balaban J connectivity index is 1.32. The fourth-order valence-corrected chi connectivity index (χ4v) is 7.72. The Morgan fingerprint density at radius 2 is 1.97 bits per heavy atom. The monoisotopic (exact) mass is 554 g/mol. The molecule has 38 heavy (non-hydrogen) atoms. The van der Waals surface area contributed by atoms with Gasteiger partial charge in [0.1, 0.15) is 10.8 Å². The second kappa shape index (κ2) is 11.7. The normalized spacial score (nSPS) is 18.1. The summed E-state index contributed by atoms with van der Waals surface area (Å²) in [6.07, 6.45) is 7.25. The third-order valence-corrected chi connectivity index (χ3v) is 9.79. The number of ether oxygens (including phenoxy) is 1. The van der Waals surface area contributed by atoms with Crippen LogP contribution in [0.3, 0.4) is 0 Å². The van der Waals surface area contributed by atoms with E-state index < -0.39 is 10.0 Å². The maximum absolute atomic E-state index is 12.9. The molecule has 0 radical (unpaired) electrons. The van der Waals surface area contributed by atoms with Gasteiger partial charge in [-0.2, -0.15) is 0 Å². The van der Waals surface area contributed by atoms with Gasteiger partial charge in [-0.15, -0.1) is 11.3 Å². The number of aromatic nitrogens is 1. The molecule has 9 heteroatoms. The van der Waals surface area contributed by atoms with Gasteiger partial charge < -0.3 is 15.0 Å². The Morgan fingerprint density at radius 1 is 1.16 bits per heavy atom.